The predicted octanol–water partition coefficient (Wildman–Crippen LogP) is 4.14. The van der Waals surface area contributed by atoms with Gasteiger partial charge in [-0.3, -0.25) is 0 Å². The zero-order chi connectivity index (χ0) is 15.7. The molecule has 0 unspecified atom stereocenters. The van der Waals surface area contributed by atoms with Crippen LogP contribution in [-0.4, -0.2) is 25.8 Å². The van der Waals surface area contributed by atoms with Gasteiger partial charge in [0.2, 0.25) is 0 Å². The van der Waals surface area contributed by atoms with E-state index in [0.29, 0.717) is 11.6 Å². The van der Waals surface area contributed by atoms with Crippen LogP contribution in [0, 0.1) is 0 Å². The van der Waals surface area contributed by atoms with Crippen molar-refractivity contribution < 1.29 is 9.53 Å². The first-order chi connectivity index (χ1) is 9.67. The van der Waals surface area contributed by atoms with E-state index < -0.39 is 13.7 Å². The molecule has 0 aromatic heterocycles. The molecule has 1 N–H and O–H groups in total. The number of nitrogens with one attached hydrogen (secondary N) is 1. The Morgan fingerprint density at radius 3 is 2.48 bits per heavy atom. The molecule has 1 aliphatic carbocycles. The fraction of sp³-hybridized carbons (Fsp3) is 0.588. The van der Waals surface area contributed by atoms with Crippen molar-refractivity contribution in [2.24, 2.45) is 0 Å². The van der Waals surface area contributed by atoms with Gasteiger partial charge in [-0.15, -0.1) is 0 Å². The van der Waals surface area contributed by atoms with E-state index in [9.17, 15) is 4.79 Å². The molecule has 2 atom stereocenters. The molecule has 2 rings (SSSR count). The average Bonchev–Trinajstić information content (AvgIpc) is 3.07. The summed E-state index contributed by atoms with van der Waals surface area (Å²) < 4.78 is 5.33. The largest absolute Gasteiger partial charge is 0.444 e. The van der Waals surface area contributed by atoms with Gasteiger partial charge in [0.15, 0.2) is 0 Å². The maximum Gasteiger partial charge on any atom is 0.407 e. The van der Waals surface area contributed by atoms with Gasteiger partial charge in [-0.05, 0) is 38.8 Å². The number of carbonyl (C=O) groups is 1. The molecular formula is C17H27NO2Si. The lowest BCUT2D eigenvalue weighted by molar-refractivity contribution is 0.0524. The van der Waals surface area contributed by atoms with E-state index in [1.54, 1.807) is 0 Å². The third-order valence-electron chi connectivity index (χ3n) is 4.00. The standard InChI is InChI=1S/C17H27NO2Si/c1-17(2,3)20-16(19)18-14-11-15(14)21(4,5)12-13-9-7-6-8-10-13/h6-10,14-15H,11-12H2,1-5H3,(H,18,19)/t14-,15-/m0/s1. The summed E-state index contributed by atoms with van der Waals surface area (Å²) in [6.07, 6.45) is 0.824. The second-order valence-electron chi connectivity index (χ2n) is 7.75. The highest BCUT2D eigenvalue weighted by atomic mass is 28.3. The van der Waals surface area contributed by atoms with Gasteiger partial charge in [0.1, 0.15) is 5.60 Å². The van der Waals surface area contributed by atoms with E-state index in [0.717, 1.165) is 6.42 Å². The minimum Gasteiger partial charge on any atom is -0.444 e. The number of rotatable bonds is 4. The van der Waals surface area contributed by atoms with Crippen LogP contribution in [0.4, 0.5) is 4.79 Å². The number of hydrogen-bond donors (Lipinski definition) is 1. The average molecular weight is 305 g/mol. The third kappa shape index (κ3) is 4.88. The maximum atomic E-state index is 11.8. The summed E-state index contributed by atoms with van der Waals surface area (Å²) in [7, 11) is -1.37. The smallest absolute Gasteiger partial charge is 0.407 e. The lowest BCUT2D eigenvalue weighted by Gasteiger charge is -2.24. The molecule has 0 saturated heterocycles. The van der Waals surface area contributed by atoms with E-state index in [-0.39, 0.29) is 6.09 Å². The van der Waals surface area contributed by atoms with Crippen molar-refractivity contribution in [2.45, 2.75) is 63.5 Å². The fourth-order valence-corrected chi connectivity index (χ4v) is 6.54. The molecule has 4 heteroatoms. The highest BCUT2D eigenvalue weighted by Crippen LogP contribution is 2.46. The molecule has 0 radical (unpaired) electrons. The Bertz CT molecular complexity index is 493. The molecule has 3 nitrogen and oxygen atoms in total. The van der Waals surface area contributed by atoms with Gasteiger partial charge in [0.25, 0.3) is 0 Å². The van der Waals surface area contributed by atoms with Crippen LogP contribution in [0.5, 0.6) is 0 Å². The Kier molecular flexibility index (Phi) is 4.47. The van der Waals surface area contributed by atoms with Crippen molar-refractivity contribution in [3.05, 3.63) is 35.9 Å². The quantitative estimate of drug-likeness (QED) is 0.849. The number of amides is 1. The Balaban J connectivity index is 1.85. The molecule has 0 aliphatic heterocycles. The van der Waals surface area contributed by atoms with Gasteiger partial charge in [-0.25, -0.2) is 4.79 Å². The molecule has 0 spiro atoms. The van der Waals surface area contributed by atoms with Crippen LogP contribution in [-0.2, 0) is 10.8 Å². The molecular weight excluding hydrogens is 278 g/mol. The fourth-order valence-electron chi connectivity index (χ4n) is 2.93. The number of ether oxygens (including phenoxy) is 1. The molecule has 1 amide bonds. The summed E-state index contributed by atoms with van der Waals surface area (Å²) in [6.45, 7) is 10.5. The lowest BCUT2D eigenvalue weighted by atomic mass is 10.2. The minimum absolute atomic E-state index is 0.278. The van der Waals surface area contributed by atoms with Crippen molar-refractivity contribution >= 4 is 14.2 Å². The Hall–Kier alpha value is -1.29. The highest BCUT2D eigenvalue weighted by Gasteiger charge is 2.49. The van der Waals surface area contributed by atoms with Gasteiger partial charge in [-0.2, -0.15) is 0 Å². The Morgan fingerprint density at radius 1 is 1.29 bits per heavy atom. The second kappa shape index (κ2) is 5.83. The summed E-state index contributed by atoms with van der Waals surface area (Å²) in [5.74, 6) is 0. The van der Waals surface area contributed by atoms with E-state index in [1.807, 2.05) is 20.8 Å². The van der Waals surface area contributed by atoms with Crippen molar-refractivity contribution in [2.75, 3.05) is 0 Å². The first-order valence-corrected chi connectivity index (χ1v) is 11.0. The van der Waals surface area contributed by atoms with E-state index >= 15 is 0 Å². The first-order valence-electron chi connectivity index (χ1n) is 7.71. The first kappa shape index (κ1) is 16.1. The van der Waals surface area contributed by atoms with Crippen molar-refractivity contribution in [1.29, 1.82) is 0 Å². The monoisotopic (exact) mass is 305 g/mol. The molecule has 21 heavy (non-hydrogen) atoms. The van der Waals surface area contributed by atoms with Crippen molar-refractivity contribution in [3.63, 3.8) is 0 Å². The molecule has 1 fully saturated rings. The van der Waals surface area contributed by atoms with Gasteiger partial charge in [-0.1, -0.05) is 49.0 Å². The summed E-state index contributed by atoms with van der Waals surface area (Å²) in [5.41, 5.74) is 1.65. The molecule has 1 aromatic rings. The molecule has 0 heterocycles. The SMILES string of the molecule is CC(C)(C)OC(=O)N[C@H]1C[C@@H]1[Si](C)(C)Cc1ccccc1. The Labute approximate surface area is 129 Å². The number of carbonyl (C=O) groups excluding carboxylic acids is 1. The summed E-state index contributed by atoms with van der Waals surface area (Å²) in [6, 6.07) is 12.1. The van der Waals surface area contributed by atoms with Gasteiger partial charge in [0, 0.05) is 6.04 Å². The van der Waals surface area contributed by atoms with E-state index in [2.05, 4.69) is 48.7 Å². The molecule has 1 saturated carbocycles. The third-order valence-corrected chi connectivity index (χ3v) is 7.96. The highest BCUT2D eigenvalue weighted by molar-refractivity contribution is 6.79. The zero-order valence-corrected chi connectivity index (χ0v) is 14.8. The summed E-state index contributed by atoms with van der Waals surface area (Å²) >= 11 is 0. The molecule has 1 aromatic carbocycles. The van der Waals surface area contributed by atoms with Crippen LogP contribution in [0.2, 0.25) is 18.6 Å². The van der Waals surface area contributed by atoms with E-state index in [1.165, 1.54) is 11.6 Å². The topological polar surface area (TPSA) is 38.3 Å². The predicted molar refractivity (Wildman–Crippen MR) is 89.2 cm³/mol. The van der Waals surface area contributed by atoms with Gasteiger partial charge >= 0.3 is 6.09 Å². The lowest BCUT2D eigenvalue weighted by Crippen LogP contribution is -2.38. The van der Waals surface area contributed by atoms with Crippen LogP contribution in [0.1, 0.15) is 32.8 Å². The second-order valence-corrected chi connectivity index (χ2v) is 12.8. The molecule has 0 bridgehead atoms. The number of alkyl carbamates (subject to hydrolysis) is 1. The molecule has 1 aliphatic rings. The minimum atomic E-state index is -1.37. The number of hydrogen-bond acceptors (Lipinski definition) is 2. The van der Waals surface area contributed by atoms with E-state index in [4.69, 9.17) is 4.74 Å². The van der Waals surface area contributed by atoms with Gasteiger partial charge in [0.05, 0.1) is 8.07 Å². The zero-order valence-electron chi connectivity index (χ0n) is 13.8. The van der Waals surface area contributed by atoms with Crippen LogP contribution < -0.4 is 5.32 Å². The van der Waals surface area contributed by atoms with Crippen molar-refractivity contribution in [1.82, 2.24) is 5.32 Å². The van der Waals surface area contributed by atoms with Crippen LogP contribution in [0.3, 0.4) is 0 Å². The molecule has 116 valence electrons. The Morgan fingerprint density at radius 2 is 1.90 bits per heavy atom. The van der Waals surface area contributed by atoms with Gasteiger partial charge < -0.3 is 10.1 Å². The summed E-state index contributed by atoms with van der Waals surface area (Å²) in [5, 5.41) is 3.03. The van der Waals surface area contributed by atoms with Crippen LogP contribution in [0.15, 0.2) is 30.3 Å². The number of benzene rings is 1. The maximum absolute atomic E-state index is 11.8. The van der Waals surface area contributed by atoms with Crippen molar-refractivity contribution in [3.8, 4) is 0 Å². The van der Waals surface area contributed by atoms with Crippen LogP contribution >= 0.6 is 0 Å². The normalized spacial score (nSPS) is 21.8. The summed E-state index contributed by atoms with van der Waals surface area (Å²) in [4.78, 5) is 11.8. The van der Waals surface area contributed by atoms with Crippen LogP contribution in [0.25, 0.3) is 0 Å².